The van der Waals surface area contributed by atoms with Gasteiger partial charge in [-0.25, -0.2) is 0 Å². The number of aryl methyl sites for hydroxylation is 1. The predicted molar refractivity (Wildman–Crippen MR) is 96.6 cm³/mol. The molecule has 0 atom stereocenters. The van der Waals surface area contributed by atoms with Crippen LogP contribution in [0, 0.1) is 6.92 Å². The molecule has 24 heavy (non-hydrogen) atoms. The van der Waals surface area contributed by atoms with E-state index >= 15 is 0 Å². The lowest BCUT2D eigenvalue weighted by atomic mass is 10.1. The molecule has 0 aromatic heterocycles. The molecule has 5 nitrogen and oxygen atoms in total. The SMILES string of the molecule is Cc1ccc(CC(=O)N2CCN(CCCCC(=O)O)CC2)cc1.Cl. The van der Waals surface area contributed by atoms with Gasteiger partial charge in [-0.1, -0.05) is 29.8 Å². The topological polar surface area (TPSA) is 60.9 Å². The van der Waals surface area contributed by atoms with Gasteiger partial charge in [-0.15, -0.1) is 12.4 Å². The Bertz CT molecular complexity index is 526. The number of nitrogens with zero attached hydrogens (tertiary/aromatic N) is 2. The predicted octanol–water partition coefficient (Wildman–Crippen LogP) is 2.36. The van der Waals surface area contributed by atoms with E-state index in [-0.39, 0.29) is 24.7 Å². The van der Waals surface area contributed by atoms with Gasteiger partial charge in [-0.3, -0.25) is 14.5 Å². The van der Waals surface area contributed by atoms with Crippen LogP contribution in [-0.4, -0.2) is 59.5 Å². The number of amides is 1. The number of hydrogen-bond donors (Lipinski definition) is 1. The fourth-order valence-electron chi connectivity index (χ4n) is 2.82. The molecular formula is C18H27ClN2O3. The van der Waals surface area contributed by atoms with Crippen LogP contribution >= 0.6 is 12.4 Å². The summed E-state index contributed by atoms with van der Waals surface area (Å²) in [5, 5.41) is 8.62. The number of aliphatic carboxylic acids is 1. The van der Waals surface area contributed by atoms with Gasteiger partial charge in [0.05, 0.1) is 6.42 Å². The molecule has 0 spiro atoms. The Hall–Kier alpha value is -1.59. The average molecular weight is 355 g/mol. The van der Waals surface area contributed by atoms with E-state index in [0.717, 1.165) is 51.1 Å². The lowest BCUT2D eigenvalue weighted by molar-refractivity contribution is -0.137. The standard InChI is InChI=1S/C18H26N2O3.ClH/c1-15-5-7-16(8-6-15)14-17(21)20-12-10-19(11-13-20)9-3-2-4-18(22)23;/h5-8H,2-4,9-14H2,1H3,(H,22,23);1H. The number of benzene rings is 1. The third-order valence-electron chi connectivity index (χ3n) is 4.32. The summed E-state index contributed by atoms with van der Waals surface area (Å²) in [7, 11) is 0. The lowest BCUT2D eigenvalue weighted by Gasteiger charge is -2.34. The van der Waals surface area contributed by atoms with Gasteiger partial charge in [0.1, 0.15) is 0 Å². The molecule has 1 heterocycles. The number of hydrogen-bond acceptors (Lipinski definition) is 3. The highest BCUT2D eigenvalue weighted by atomic mass is 35.5. The Morgan fingerprint density at radius 2 is 1.67 bits per heavy atom. The molecule has 6 heteroatoms. The van der Waals surface area contributed by atoms with E-state index in [2.05, 4.69) is 4.90 Å². The van der Waals surface area contributed by atoms with Crippen molar-refractivity contribution in [2.45, 2.75) is 32.6 Å². The molecule has 134 valence electrons. The number of carbonyl (C=O) groups is 2. The van der Waals surface area contributed by atoms with E-state index in [1.165, 1.54) is 5.56 Å². The lowest BCUT2D eigenvalue weighted by Crippen LogP contribution is -2.49. The summed E-state index contributed by atoms with van der Waals surface area (Å²) in [6.45, 7) is 6.27. The first kappa shape index (κ1) is 20.5. The summed E-state index contributed by atoms with van der Waals surface area (Å²) >= 11 is 0. The van der Waals surface area contributed by atoms with Gasteiger partial charge >= 0.3 is 5.97 Å². The summed E-state index contributed by atoms with van der Waals surface area (Å²) in [4.78, 5) is 27.1. The molecule has 0 radical (unpaired) electrons. The van der Waals surface area contributed by atoms with Gasteiger partial charge in [-0.2, -0.15) is 0 Å². The van der Waals surface area contributed by atoms with Gasteiger partial charge in [0.15, 0.2) is 0 Å². The summed E-state index contributed by atoms with van der Waals surface area (Å²) in [5.41, 5.74) is 2.27. The first-order valence-corrected chi connectivity index (χ1v) is 8.32. The van der Waals surface area contributed by atoms with E-state index in [4.69, 9.17) is 5.11 Å². The van der Waals surface area contributed by atoms with Crippen LogP contribution in [0.15, 0.2) is 24.3 Å². The Kier molecular flexibility index (Phi) is 8.79. The largest absolute Gasteiger partial charge is 0.481 e. The Balaban J connectivity index is 0.00000288. The molecule has 1 aliphatic heterocycles. The van der Waals surface area contributed by atoms with Crippen molar-refractivity contribution in [2.75, 3.05) is 32.7 Å². The Morgan fingerprint density at radius 3 is 2.25 bits per heavy atom. The van der Waals surface area contributed by atoms with E-state index in [0.29, 0.717) is 6.42 Å². The van der Waals surface area contributed by atoms with Crippen molar-refractivity contribution in [3.05, 3.63) is 35.4 Å². The second kappa shape index (κ2) is 10.3. The third kappa shape index (κ3) is 6.89. The van der Waals surface area contributed by atoms with Crippen LogP contribution in [0.25, 0.3) is 0 Å². The van der Waals surface area contributed by atoms with E-state index in [1.54, 1.807) is 0 Å². The zero-order chi connectivity index (χ0) is 16.7. The fraction of sp³-hybridized carbons (Fsp3) is 0.556. The monoisotopic (exact) mass is 354 g/mol. The van der Waals surface area contributed by atoms with Gasteiger partial charge in [0.2, 0.25) is 5.91 Å². The first-order chi connectivity index (χ1) is 11.0. The molecule has 1 N–H and O–H groups in total. The fourth-order valence-corrected chi connectivity index (χ4v) is 2.82. The van der Waals surface area contributed by atoms with Crippen molar-refractivity contribution in [2.24, 2.45) is 0 Å². The molecule has 1 aromatic rings. The number of carbonyl (C=O) groups excluding carboxylic acids is 1. The minimum absolute atomic E-state index is 0. The highest BCUT2D eigenvalue weighted by molar-refractivity contribution is 5.85. The summed E-state index contributed by atoms with van der Waals surface area (Å²) in [6.07, 6.45) is 2.35. The van der Waals surface area contributed by atoms with Crippen LogP contribution in [0.5, 0.6) is 0 Å². The van der Waals surface area contributed by atoms with E-state index in [1.807, 2.05) is 36.1 Å². The van der Waals surface area contributed by atoms with Crippen molar-refractivity contribution in [1.82, 2.24) is 9.80 Å². The number of halogens is 1. The van der Waals surface area contributed by atoms with Gasteiger partial charge in [0, 0.05) is 32.6 Å². The van der Waals surface area contributed by atoms with Crippen LogP contribution in [0.2, 0.25) is 0 Å². The van der Waals surface area contributed by atoms with Gasteiger partial charge in [0.25, 0.3) is 0 Å². The van der Waals surface area contributed by atoms with Crippen LogP contribution in [0.3, 0.4) is 0 Å². The van der Waals surface area contributed by atoms with Crippen molar-refractivity contribution in [3.8, 4) is 0 Å². The highest BCUT2D eigenvalue weighted by Gasteiger charge is 2.20. The molecule has 0 unspecified atom stereocenters. The quantitative estimate of drug-likeness (QED) is 0.763. The van der Waals surface area contributed by atoms with Crippen LogP contribution in [-0.2, 0) is 16.0 Å². The molecule has 0 bridgehead atoms. The smallest absolute Gasteiger partial charge is 0.303 e. The molecule has 1 fully saturated rings. The maximum absolute atomic E-state index is 12.3. The molecule has 1 saturated heterocycles. The summed E-state index contributed by atoms with van der Waals surface area (Å²) in [5.74, 6) is -0.532. The number of rotatable bonds is 7. The number of piperazine rings is 1. The second-order valence-electron chi connectivity index (χ2n) is 6.24. The average Bonchev–Trinajstić information content (AvgIpc) is 2.54. The van der Waals surface area contributed by atoms with E-state index < -0.39 is 5.97 Å². The summed E-state index contributed by atoms with van der Waals surface area (Å²) < 4.78 is 0. The maximum Gasteiger partial charge on any atom is 0.303 e. The maximum atomic E-state index is 12.3. The molecule has 0 aliphatic carbocycles. The minimum Gasteiger partial charge on any atom is -0.481 e. The third-order valence-corrected chi connectivity index (χ3v) is 4.32. The molecular weight excluding hydrogens is 328 g/mol. The molecule has 1 aliphatic rings. The first-order valence-electron chi connectivity index (χ1n) is 8.32. The summed E-state index contributed by atoms with van der Waals surface area (Å²) in [6, 6.07) is 8.12. The molecule has 2 rings (SSSR count). The molecule has 0 saturated carbocycles. The number of carboxylic acids is 1. The Labute approximate surface area is 150 Å². The van der Waals surface area contributed by atoms with Crippen molar-refractivity contribution in [1.29, 1.82) is 0 Å². The molecule has 1 aromatic carbocycles. The second-order valence-corrected chi connectivity index (χ2v) is 6.24. The number of unbranched alkanes of at least 4 members (excludes halogenated alkanes) is 1. The van der Waals surface area contributed by atoms with Crippen molar-refractivity contribution >= 4 is 24.3 Å². The zero-order valence-electron chi connectivity index (χ0n) is 14.2. The normalized spacial score (nSPS) is 15.0. The zero-order valence-corrected chi connectivity index (χ0v) is 15.1. The van der Waals surface area contributed by atoms with Crippen LogP contribution < -0.4 is 0 Å². The van der Waals surface area contributed by atoms with Gasteiger partial charge in [-0.05, 0) is 31.9 Å². The van der Waals surface area contributed by atoms with E-state index in [9.17, 15) is 9.59 Å². The highest BCUT2D eigenvalue weighted by Crippen LogP contribution is 2.09. The van der Waals surface area contributed by atoms with Gasteiger partial charge < -0.3 is 10.0 Å². The minimum atomic E-state index is -0.725. The number of carboxylic acid groups (broad SMARTS) is 1. The van der Waals surface area contributed by atoms with Crippen molar-refractivity contribution < 1.29 is 14.7 Å². The van der Waals surface area contributed by atoms with Crippen LogP contribution in [0.4, 0.5) is 0 Å². The van der Waals surface area contributed by atoms with Crippen LogP contribution in [0.1, 0.15) is 30.4 Å². The van der Waals surface area contributed by atoms with Crippen molar-refractivity contribution in [3.63, 3.8) is 0 Å². The molecule has 1 amide bonds. The Morgan fingerprint density at radius 1 is 1.04 bits per heavy atom.